The molecule has 0 bridgehead atoms. The summed E-state index contributed by atoms with van der Waals surface area (Å²) in [7, 11) is 0. The minimum absolute atomic E-state index is 0.129. The van der Waals surface area contributed by atoms with Gasteiger partial charge < -0.3 is 0 Å². The first-order valence-electron chi connectivity index (χ1n) is 10.7. The van der Waals surface area contributed by atoms with Gasteiger partial charge >= 0.3 is 0 Å². The topological polar surface area (TPSA) is 0 Å². The molecule has 0 radical (unpaired) electrons. The first kappa shape index (κ1) is 19.6. The minimum Gasteiger partial charge on any atom is -0.216 e. The number of hydrogen-bond donors (Lipinski definition) is 0. The number of allylic oxidation sites excluding steroid dienone is 1. The van der Waals surface area contributed by atoms with Crippen LogP contribution >= 0.6 is 0 Å². The number of halogens is 2. The molecule has 2 saturated carbocycles. The average Bonchev–Trinajstić information content (AvgIpc) is 2.69. The second kappa shape index (κ2) is 10.2. The van der Waals surface area contributed by atoms with Gasteiger partial charge in [-0.05, 0) is 79.9 Å². The quantitative estimate of drug-likeness (QED) is 0.463. The van der Waals surface area contributed by atoms with Crippen molar-refractivity contribution in [1.29, 1.82) is 0 Å². The molecule has 0 heterocycles. The zero-order valence-corrected chi connectivity index (χ0v) is 16.0. The van der Waals surface area contributed by atoms with Gasteiger partial charge in [0.05, 0.1) is 6.33 Å². The molecule has 0 saturated heterocycles. The highest BCUT2D eigenvalue weighted by Crippen LogP contribution is 2.40. The highest BCUT2D eigenvalue weighted by Gasteiger charge is 2.25. The standard InChI is InChI=1S/C24H34F2/c25-18-2-1-3-19-4-6-20(7-5-19)8-9-21-10-12-22(13-11-21)23-14-16-24(26)17-15-23/h2,14-22H,1,3-13H2/b18-2+. The van der Waals surface area contributed by atoms with Gasteiger partial charge in [0.25, 0.3) is 0 Å². The molecular formula is C24H34F2. The Morgan fingerprint density at radius 2 is 1.23 bits per heavy atom. The lowest BCUT2D eigenvalue weighted by Crippen LogP contribution is -2.17. The van der Waals surface area contributed by atoms with E-state index in [0.717, 1.165) is 24.2 Å². The predicted octanol–water partition coefficient (Wildman–Crippen LogP) is 7.95. The van der Waals surface area contributed by atoms with Crippen molar-refractivity contribution in [2.45, 2.75) is 83.0 Å². The van der Waals surface area contributed by atoms with Gasteiger partial charge in [-0.1, -0.05) is 56.7 Å². The lowest BCUT2D eigenvalue weighted by Gasteiger charge is -2.32. The first-order chi connectivity index (χ1) is 12.7. The Bertz CT molecular complexity index is 532. The van der Waals surface area contributed by atoms with Gasteiger partial charge in [0.15, 0.2) is 0 Å². The molecule has 0 atom stereocenters. The second-order valence-corrected chi connectivity index (χ2v) is 8.67. The Balaban J connectivity index is 1.31. The fraction of sp³-hybridized carbons (Fsp3) is 0.667. The van der Waals surface area contributed by atoms with E-state index in [4.69, 9.17) is 0 Å². The average molecular weight is 361 g/mol. The molecule has 0 aromatic heterocycles. The molecule has 3 rings (SSSR count). The second-order valence-electron chi connectivity index (χ2n) is 8.67. The van der Waals surface area contributed by atoms with Gasteiger partial charge in [0.2, 0.25) is 0 Å². The summed E-state index contributed by atoms with van der Waals surface area (Å²) in [4.78, 5) is 0. The monoisotopic (exact) mass is 360 g/mol. The van der Waals surface area contributed by atoms with Gasteiger partial charge in [-0.15, -0.1) is 0 Å². The molecule has 0 nitrogen and oxygen atoms in total. The van der Waals surface area contributed by atoms with Gasteiger partial charge in [0.1, 0.15) is 5.82 Å². The van der Waals surface area contributed by atoms with E-state index in [-0.39, 0.29) is 5.82 Å². The third-order valence-electron chi connectivity index (χ3n) is 6.97. The van der Waals surface area contributed by atoms with Gasteiger partial charge in [-0.25, -0.2) is 8.78 Å². The SMILES string of the molecule is F/C=C/CCC1CCC(CCC2CCC(c3ccc(F)cc3)CC2)CC1. The fourth-order valence-electron chi connectivity index (χ4n) is 5.19. The van der Waals surface area contributed by atoms with E-state index in [9.17, 15) is 8.78 Å². The van der Waals surface area contributed by atoms with Crippen molar-refractivity contribution in [3.8, 4) is 0 Å². The lowest BCUT2D eigenvalue weighted by molar-refractivity contribution is 0.225. The molecule has 0 amide bonds. The summed E-state index contributed by atoms with van der Waals surface area (Å²) in [5.41, 5.74) is 1.32. The first-order valence-corrected chi connectivity index (χ1v) is 10.7. The molecule has 2 aliphatic carbocycles. The lowest BCUT2D eigenvalue weighted by atomic mass is 9.74. The van der Waals surface area contributed by atoms with Gasteiger partial charge in [-0.3, -0.25) is 0 Å². The maximum absolute atomic E-state index is 13.1. The van der Waals surface area contributed by atoms with E-state index in [1.54, 1.807) is 18.2 Å². The molecule has 0 N–H and O–H groups in total. The van der Waals surface area contributed by atoms with E-state index < -0.39 is 0 Å². The molecule has 2 fully saturated rings. The van der Waals surface area contributed by atoms with Crippen LogP contribution in [0, 0.1) is 23.6 Å². The van der Waals surface area contributed by atoms with Crippen LogP contribution in [-0.4, -0.2) is 0 Å². The van der Waals surface area contributed by atoms with Gasteiger partial charge in [-0.2, -0.15) is 0 Å². The fourth-order valence-corrected chi connectivity index (χ4v) is 5.19. The maximum Gasteiger partial charge on any atom is 0.123 e. The molecule has 144 valence electrons. The molecule has 0 aliphatic heterocycles. The van der Waals surface area contributed by atoms with Crippen LogP contribution in [0.2, 0.25) is 0 Å². The summed E-state index contributed by atoms with van der Waals surface area (Å²) in [6, 6.07) is 7.15. The Kier molecular flexibility index (Phi) is 7.70. The van der Waals surface area contributed by atoms with Crippen molar-refractivity contribution in [2.75, 3.05) is 0 Å². The number of benzene rings is 1. The van der Waals surface area contributed by atoms with Crippen molar-refractivity contribution < 1.29 is 8.78 Å². The minimum atomic E-state index is -0.129. The van der Waals surface area contributed by atoms with Crippen molar-refractivity contribution >= 4 is 0 Å². The molecule has 0 unspecified atom stereocenters. The van der Waals surface area contributed by atoms with E-state index >= 15 is 0 Å². The Hall–Kier alpha value is -1.18. The Morgan fingerprint density at radius 1 is 0.731 bits per heavy atom. The van der Waals surface area contributed by atoms with Crippen LogP contribution < -0.4 is 0 Å². The third kappa shape index (κ3) is 5.93. The molecule has 1 aromatic rings. The molecular weight excluding hydrogens is 326 g/mol. The Labute approximate surface area is 158 Å². The van der Waals surface area contributed by atoms with Crippen molar-refractivity contribution in [1.82, 2.24) is 0 Å². The van der Waals surface area contributed by atoms with Crippen LogP contribution in [0.25, 0.3) is 0 Å². The van der Waals surface area contributed by atoms with Crippen molar-refractivity contribution in [2.24, 2.45) is 17.8 Å². The molecule has 0 spiro atoms. The summed E-state index contributed by atoms with van der Waals surface area (Å²) in [6.07, 6.45) is 17.9. The van der Waals surface area contributed by atoms with Crippen LogP contribution in [0.5, 0.6) is 0 Å². The van der Waals surface area contributed by atoms with Crippen LogP contribution in [-0.2, 0) is 0 Å². The van der Waals surface area contributed by atoms with Crippen molar-refractivity contribution in [3.63, 3.8) is 0 Å². The van der Waals surface area contributed by atoms with Crippen molar-refractivity contribution in [3.05, 3.63) is 48.1 Å². The highest BCUT2D eigenvalue weighted by atomic mass is 19.1. The summed E-state index contributed by atoms with van der Waals surface area (Å²) in [5, 5.41) is 0. The zero-order valence-electron chi connectivity index (χ0n) is 16.0. The zero-order chi connectivity index (χ0) is 18.2. The maximum atomic E-state index is 13.1. The van der Waals surface area contributed by atoms with Crippen LogP contribution in [0.3, 0.4) is 0 Å². The normalized spacial score (nSPS) is 29.9. The van der Waals surface area contributed by atoms with Gasteiger partial charge in [0, 0.05) is 0 Å². The molecule has 26 heavy (non-hydrogen) atoms. The molecule has 2 heteroatoms. The summed E-state index contributed by atoms with van der Waals surface area (Å²) < 4.78 is 25.1. The van der Waals surface area contributed by atoms with Crippen LogP contribution in [0.15, 0.2) is 36.7 Å². The number of hydrogen-bond acceptors (Lipinski definition) is 0. The van der Waals surface area contributed by atoms with E-state index in [1.165, 1.54) is 76.2 Å². The van der Waals surface area contributed by atoms with Crippen LogP contribution in [0.1, 0.15) is 88.5 Å². The predicted molar refractivity (Wildman–Crippen MR) is 105 cm³/mol. The summed E-state index contributed by atoms with van der Waals surface area (Å²) in [6.45, 7) is 0. The smallest absolute Gasteiger partial charge is 0.123 e. The van der Waals surface area contributed by atoms with E-state index in [2.05, 4.69) is 0 Å². The summed E-state index contributed by atoms with van der Waals surface area (Å²) in [5.74, 6) is 3.17. The Morgan fingerprint density at radius 3 is 1.77 bits per heavy atom. The van der Waals surface area contributed by atoms with Crippen LogP contribution in [0.4, 0.5) is 8.78 Å². The summed E-state index contributed by atoms with van der Waals surface area (Å²) >= 11 is 0. The third-order valence-corrected chi connectivity index (χ3v) is 6.97. The highest BCUT2D eigenvalue weighted by molar-refractivity contribution is 5.20. The largest absolute Gasteiger partial charge is 0.216 e. The number of rotatable bonds is 7. The van der Waals surface area contributed by atoms with E-state index in [0.29, 0.717) is 12.2 Å². The molecule has 2 aliphatic rings. The molecule has 1 aromatic carbocycles. The van der Waals surface area contributed by atoms with E-state index in [1.807, 2.05) is 12.1 Å².